The van der Waals surface area contributed by atoms with Crippen molar-refractivity contribution >= 4 is 22.7 Å². The van der Waals surface area contributed by atoms with E-state index in [2.05, 4.69) is 10.3 Å². The maximum atomic E-state index is 13.9. The second-order valence-corrected chi connectivity index (χ2v) is 6.48. The number of carbonyl (C=O) groups excluding carboxylic acids is 1. The molecule has 0 spiro atoms. The lowest BCUT2D eigenvalue weighted by Gasteiger charge is -2.32. The molecule has 3 rings (SSSR count). The fourth-order valence-corrected chi connectivity index (χ4v) is 3.01. The van der Waals surface area contributed by atoms with Gasteiger partial charge in [0.1, 0.15) is 11.3 Å². The van der Waals surface area contributed by atoms with Gasteiger partial charge in [0.15, 0.2) is 5.82 Å². The summed E-state index contributed by atoms with van der Waals surface area (Å²) in [5.74, 6) is -1.31. The Balaban J connectivity index is 1.69. The van der Waals surface area contributed by atoms with Crippen molar-refractivity contribution in [1.82, 2.24) is 9.88 Å². The smallest absolute Gasteiger partial charge is 0.410 e. The van der Waals surface area contributed by atoms with Gasteiger partial charge in [0.25, 0.3) is 0 Å². The molecule has 2 heterocycles. The van der Waals surface area contributed by atoms with Gasteiger partial charge >= 0.3 is 6.09 Å². The van der Waals surface area contributed by atoms with Crippen LogP contribution in [0.15, 0.2) is 24.4 Å². The quantitative estimate of drug-likeness (QED) is 0.912. The third-order valence-corrected chi connectivity index (χ3v) is 4.21. The van der Waals surface area contributed by atoms with Crippen LogP contribution in [0.4, 0.5) is 19.3 Å². The SMILES string of the molecule is CC(C)OC(=O)N1CCC(Nc2ccnc3c(F)cc(F)cc23)CC1. The molecule has 1 aromatic carbocycles. The van der Waals surface area contributed by atoms with Crippen molar-refractivity contribution in [1.29, 1.82) is 0 Å². The van der Waals surface area contributed by atoms with Crippen LogP contribution >= 0.6 is 0 Å². The summed E-state index contributed by atoms with van der Waals surface area (Å²) in [5, 5.41) is 3.74. The highest BCUT2D eigenvalue weighted by Crippen LogP contribution is 2.27. The van der Waals surface area contributed by atoms with E-state index in [1.54, 1.807) is 11.0 Å². The zero-order valence-electron chi connectivity index (χ0n) is 14.3. The monoisotopic (exact) mass is 349 g/mol. The Morgan fingerprint density at radius 1 is 1.32 bits per heavy atom. The Bertz CT molecular complexity index is 774. The fourth-order valence-electron chi connectivity index (χ4n) is 3.01. The van der Waals surface area contributed by atoms with Crippen LogP contribution in [0.2, 0.25) is 0 Å². The van der Waals surface area contributed by atoms with Gasteiger partial charge in [-0.05, 0) is 38.8 Å². The number of fused-ring (bicyclic) bond motifs is 1. The Morgan fingerprint density at radius 3 is 2.72 bits per heavy atom. The number of hydrogen-bond donors (Lipinski definition) is 1. The lowest BCUT2D eigenvalue weighted by Crippen LogP contribution is -2.43. The standard InChI is InChI=1S/C18H21F2N3O2/c1-11(2)25-18(24)23-7-4-13(5-8-23)22-16-3-6-21-17-14(16)9-12(19)10-15(17)20/h3,6,9-11,13H,4-5,7-8H2,1-2H3,(H,21,22). The third kappa shape index (κ3) is 3.97. The molecule has 0 bridgehead atoms. The molecule has 0 aliphatic carbocycles. The highest BCUT2D eigenvalue weighted by atomic mass is 19.1. The highest BCUT2D eigenvalue weighted by Gasteiger charge is 2.24. The topological polar surface area (TPSA) is 54.5 Å². The van der Waals surface area contributed by atoms with Crippen LogP contribution in [0.5, 0.6) is 0 Å². The number of aromatic nitrogens is 1. The number of nitrogens with one attached hydrogen (secondary N) is 1. The third-order valence-electron chi connectivity index (χ3n) is 4.21. The largest absolute Gasteiger partial charge is 0.447 e. The van der Waals surface area contributed by atoms with Crippen molar-refractivity contribution in [3.63, 3.8) is 0 Å². The van der Waals surface area contributed by atoms with E-state index in [0.717, 1.165) is 18.9 Å². The van der Waals surface area contributed by atoms with Gasteiger partial charge < -0.3 is 15.0 Å². The molecular formula is C18H21F2N3O2. The molecule has 25 heavy (non-hydrogen) atoms. The number of ether oxygens (including phenoxy) is 1. The lowest BCUT2D eigenvalue weighted by atomic mass is 10.0. The van der Waals surface area contributed by atoms with Crippen molar-refractivity contribution < 1.29 is 18.3 Å². The summed E-state index contributed by atoms with van der Waals surface area (Å²) >= 11 is 0. The second kappa shape index (κ2) is 7.21. The number of nitrogens with zero attached hydrogens (tertiary/aromatic N) is 2. The molecule has 134 valence electrons. The molecule has 7 heteroatoms. The number of benzene rings is 1. The zero-order chi connectivity index (χ0) is 18.0. The molecule has 1 saturated heterocycles. The van der Waals surface area contributed by atoms with E-state index in [1.807, 2.05) is 13.8 Å². The number of rotatable bonds is 3. The van der Waals surface area contributed by atoms with Crippen molar-refractivity contribution in [2.24, 2.45) is 0 Å². The van der Waals surface area contributed by atoms with Crippen LogP contribution in [0.25, 0.3) is 10.9 Å². The predicted molar refractivity (Wildman–Crippen MR) is 91.5 cm³/mol. The maximum absolute atomic E-state index is 13.9. The number of piperidine rings is 1. The highest BCUT2D eigenvalue weighted by molar-refractivity contribution is 5.91. The molecular weight excluding hydrogens is 328 g/mol. The minimum Gasteiger partial charge on any atom is -0.447 e. The Kier molecular flexibility index (Phi) is 5.01. The molecule has 1 aliphatic rings. The van der Waals surface area contributed by atoms with Crippen LogP contribution in [-0.2, 0) is 4.74 Å². The summed E-state index contributed by atoms with van der Waals surface area (Å²) in [5.41, 5.74) is 0.788. The first kappa shape index (κ1) is 17.4. The fraction of sp³-hybridized carbons (Fsp3) is 0.444. The second-order valence-electron chi connectivity index (χ2n) is 6.48. The van der Waals surface area contributed by atoms with E-state index in [1.165, 1.54) is 12.3 Å². The average molecular weight is 349 g/mol. The number of hydrogen-bond acceptors (Lipinski definition) is 4. The van der Waals surface area contributed by atoms with E-state index >= 15 is 0 Å². The van der Waals surface area contributed by atoms with E-state index in [4.69, 9.17) is 4.74 Å². The summed E-state index contributed by atoms with van der Waals surface area (Å²) in [6, 6.07) is 3.93. The summed E-state index contributed by atoms with van der Waals surface area (Å²) in [7, 11) is 0. The Morgan fingerprint density at radius 2 is 2.04 bits per heavy atom. The summed E-state index contributed by atoms with van der Waals surface area (Å²) in [4.78, 5) is 17.6. The van der Waals surface area contributed by atoms with E-state index in [9.17, 15) is 13.6 Å². The summed E-state index contributed by atoms with van der Waals surface area (Å²) in [6.45, 7) is 4.79. The molecule has 1 fully saturated rings. The van der Waals surface area contributed by atoms with Crippen molar-refractivity contribution in [3.05, 3.63) is 36.0 Å². The molecule has 0 unspecified atom stereocenters. The van der Waals surface area contributed by atoms with Crippen molar-refractivity contribution in [2.45, 2.75) is 38.8 Å². The van der Waals surface area contributed by atoms with Crippen LogP contribution in [0.3, 0.4) is 0 Å². The van der Waals surface area contributed by atoms with Gasteiger partial charge in [-0.3, -0.25) is 4.98 Å². The van der Waals surface area contributed by atoms with E-state index < -0.39 is 11.6 Å². The molecule has 1 amide bonds. The molecule has 0 atom stereocenters. The first-order valence-electron chi connectivity index (χ1n) is 8.40. The minimum atomic E-state index is -0.676. The van der Waals surface area contributed by atoms with Crippen LogP contribution in [0.1, 0.15) is 26.7 Å². The number of pyridine rings is 1. The zero-order valence-corrected chi connectivity index (χ0v) is 14.3. The van der Waals surface area contributed by atoms with Gasteiger partial charge in [0.2, 0.25) is 0 Å². The predicted octanol–water partition coefficient (Wildman–Crippen LogP) is 3.93. The minimum absolute atomic E-state index is 0.111. The average Bonchev–Trinajstić information content (AvgIpc) is 2.55. The lowest BCUT2D eigenvalue weighted by molar-refractivity contribution is 0.0701. The number of carbonyl (C=O) groups is 1. The number of likely N-dealkylation sites (tertiary alicyclic amines) is 1. The summed E-state index contributed by atoms with van der Waals surface area (Å²) < 4.78 is 32.6. The van der Waals surface area contributed by atoms with Gasteiger partial charge in [0.05, 0.1) is 6.10 Å². The van der Waals surface area contributed by atoms with Gasteiger partial charge in [-0.2, -0.15) is 0 Å². The molecule has 1 aliphatic heterocycles. The summed E-state index contributed by atoms with van der Waals surface area (Å²) in [6.07, 6.45) is 2.52. The number of amides is 1. The van der Waals surface area contributed by atoms with Gasteiger partial charge in [-0.1, -0.05) is 0 Å². The van der Waals surface area contributed by atoms with E-state index in [0.29, 0.717) is 24.2 Å². The number of halogens is 2. The first-order valence-corrected chi connectivity index (χ1v) is 8.40. The van der Waals surface area contributed by atoms with Crippen LogP contribution in [-0.4, -0.2) is 41.2 Å². The van der Waals surface area contributed by atoms with Crippen molar-refractivity contribution in [3.8, 4) is 0 Å². The van der Waals surface area contributed by atoms with Gasteiger partial charge in [-0.15, -0.1) is 0 Å². The number of anilines is 1. The van der Waals surface area contributed by atoms with Crippen LogP contribution in [0, 0.1) is 11.6 Å². The van der Waals surface area contributed by atoms with E-state index in [-0.39, 0.29) is 23.8 Å². The van der Waals surface area contributed by atoms with Gasteiger partial charge in [0, 0.05) is 42.5 Å². The molecule has 5 nitrogen and oxygen atoms in total. The van der Waals surface area contributed by atoms with Crippen LogP contribution < -0.4 is 5.32 Å². The van der Waals surface area contributed by atoms with Crippen molar-refractivity contribution in [2.75, 3.05) is 18.4 Å². The Labute approximate surface area is 145 Å². The first-order chi connectivity index (χ1) is 11.9. The molecule has 2 aromatic rings. The molecule has 0 radical (unpaired) electrons. The molecule has 1 aromatic heterocycles. The molecule has 0 saturated carbocycles. The normalized spacial score (nSPS) is 15.6. The Hall–Kier alpha value is -2.44. The molecule has 1 N–H and O–H groups in total. The van der Waals surface area contributed by atoms with Gasteiger partial charge in [-0.25, -0.2) is 13.6 Å². The maximum Gasteiger partial charge on any atom is 0.410 e.